The van der Waals surface area contributed by atoms with Gasteiger partial charge in [-0.3, -0.25) is 14.6 Å². The Morgan fingerprint density at radius 1 is 1.27 bits per heavy atom. The van der Waals surface area contributed by atoms with E-state index in [-0.39, 0.29) is 40.6 Å². The van der Waals surface area contributed by atoms with Gasteiger partial charge >= 0.3 is 5.97 Å². The van der Waals surface area contributed by atoms with E-state index in [1.54, 1.807) is 24.0 Å². The number of nitrogens with one attached hydrogen (secondary N) is 1. The number of esters is 1. The molecule has 30 heavy (non-hydrogen) atoms. The number of fused-ring (bicyclic) bond motifs is 1. The Morgan fingerprint density at radius 2 is 2.03 bits per heavy atom. The molecular formula is C20H25N3O5S2. The Balaban J connectivity index is 1.36. The van der Waals surface area contributed by atoms with Crippen LogP contribution in [0.3, 0.4) is 0 Å². The van der Waals surface area contributed by atoms with Gasteiger partial charge in [-0.2, -0.15) is 0 Å². The van der Waals surface area contributed by atoms with Gasteiger partial charge in [0.1, 0.15) is 0 Å². The van der Waals surface area contributed by atoms with Crippen LogP contribution in [0.5, 0.6) is 0 Å². The van der Waals surface area contributed by atoms with Gasteiger partial charge in [-0.25, -0.2) is 8.42 Å². The molecule has 2 atom stereocenters. The molecule has 3 aliphatic heterocycles. The normalized spacial score (nSPS) is 25.5. The van der Waals surface area contributed by atoms with Gasteiger partial charge in [-0.1, -0.05) is 17.8 Å². The molecule has 3 heterocycles. The van der Waals surface area contributed by atoms with Gasteiger partial charge in [0.05, 0.1) is 30.1 Å². The van der Waals surface area contributed by atoms with Crippen LogP contribution in [0.15, 0.2) is 29.3 Å². The molecule has 162 valence electrons. The van der Waals surface area contributed by atoms with Crippen molar-refractivity contribution in [2.75, 3.05) is 36.5 Å². The Labute approximate surface area is 180 Å². The summed E-state index contributed by atoms with van der Waals surface area (Å²) in [5.41, 5.74) is 1.32. The van der Waals surface area contributed by atoms with Crippen LogP contribution in [-0.2, 0) is 19.4 Å². The van der Waals surface area contributed by atoms with Crippen molar-refractivity contribution in [1.29, 1.82) is 0 Å². The second kappa shape index (κ2) is 8.58. The summed E-state index contributed by atoms with van der Waals surface area (Å²) >= 11 is 1.45. The monoisotopic (exact) mass is 451 g/mol. The van der Waals surface area contributed by atoms with Gasteiger partial charge in [0, 0.05) is 29.6 Å². The summed E-state index contributed by atoms with van der Waals surface area (Å²) in [7, 11) is -2.98. The predicted octanol–water partition coefficient (Wildman–Crippen LogP) is 1.78. The van der Waals surface area contributed by atoms with Crippen molar-refractivity contribution in [2.24, 2.45) is 10.9 Å². The molecule has 2 fully saturated rings. The number of carbonyl (C=O) groups excluding carboxylic acids is 2. The second-order valence-electron chi connectivity index (χ2n) is 7.76. The highest BCUT2D eigenvalue weighted by atomic mass is 32.2. The number of amides is 1. The number of rotatable bonds is 4. The van der Waals surface area contributed by atoms with Crippen LogP contribution < -0.4 is 5.32 Å². The zero-order valence-electron chi connectivity index (χ0n) is 16.7. The zero-order chi connectivity index (χ0) is 21.3. The van der Waals surface area contributed by atoms with Crippen LogP contribution >= 0.6 is 11.8 Å². The molecule has 0 saturated carbocycles. The number of thioether (sulfide) groups is 1. The first-order valence-corrected chi connectivity index (χ1v) is 12.8. The lowest BCUT2D eigenvalue weighted by atomic mass is 9.96. The molecule has 4 rings (SSSR count). The smallest absolute Gasteiger partial charge is 0.309 e. The van der Waals surface area contributed by atoms with E-state index in [1.165, 1.54) is 11.8 Å². The highest BCUT2D eigenvalue weighted by Crippen LogP contribution is 2.34. The minimum Gasteiger partial charge on any atom is -0.466 e. The van der Waals surface area contributed by atoms with E-state index < -0.39 is 9.84 Å². The molecule has 2 saturated heterocycles. The van der Waals surface area contributed by atoms with E-state index in [2.05, 4.69) is 10.3 Å². The Morgan fingerprint density at radius 3 is 2.73 bits per heavy atom. The Kier molecular flexibility index (Phi) is 6.06. The highest BCUT2D eigenvalue weighted by molar-refractivity contribution is 8.15. The van der Waals surface area contributed by atoms with E-state index >= 15 is 0 Å². The SMILES string of the molecule is CCOC(=O)C1CCN(C(=O)c2cccc(NC3=N[C@H]4CS(=O)(=O)C[C@@H]4S3)c2)CC1. The lowest BCUT2D eigenvalue weighted by molar-refractivity contribution is -0.149. The number of ether oxygens (including phenoxy) is 1. The molecule has 1 amide bonds. The minimum absolute atomic E-state index is 0.0250. The van der Waals surface area contributed by atoms with Crippen molar-refractivity contribution in [3.05, 3.63) is 29.8 Å². The number of piperidine rings is 1. The molecule has 1 aromatic rings. The molecule has 0 radical (unpaired) electrons. The maximum absolute atomic E-state index is 12.9. The van der Waals surface area contributed by atoms with E-state index in [9.17, 15) is 18.0 Å². The van der Waals surface area contributed by atoms with Crippen molar-refractivity contribution in [2.45, 2.75) is 31.1 Å². The number of hydrogen-bond acceptors (Lipinski definition) is 8. The second-order valence-corrected chi connectivity index (χ2v) is 11.1. The summed E-state index contributed by atoms with van der Waals surface area (Å²) in [6, 6.07) is 7.04. The summed E-state index contributed by atoms with van der Waals surface area (Å²) in [5.74, 6) is -0.108. The fourth-order valence-corrected chi connectivity index (χ4v) is 7.71. The zero-order valence-corrected chi connectivity index (χ0v) is 18.4. The maximum atomic E-state index is 12.9. The molecule has 0 unspecified atom stereocenters. The van der Waals surface area contributed by atoms with Crippen molar-refractivity contribution >= 4 is 44.3 Å². The fraction of sp³-hybridized carbons (Fsp3) is 0.550. The molecule has 0 bridgehead atoms. The summed E-state index contributed by atoms with van der Waals surface area (Å²) < 4.78 is 28.5. The van der Waals surface area contributed by atoms with E-state index in [4.69, 9.17) is 4.74 Å². The van der Waals surface area contributed by atoms with Crippen LogP contribution in [-0.4, -0.2) is 72.9 Å². The fourth-order valence-electron chi connectivity index (χ4n) is 4.03. The van der Waals surface area contributed by atoms with Crippen LogP contribution in [0.4, 0.5) is 5.69 Å². The van der Waals surface area contributed by atoms with Gasteiger partial charge in [-0.15, -0.1) is 0 Å². The molecule has 8 nitrogen and oxygen atoms in total. The van der Waals surface area contributed by atoms with Gasteiger partial charge in [0.25, 0.3) is 5.91 Å². The number of sulfone groups is 1. The van der Waals surface area contributed by atoms with E-state index in [1.807, 2.05) is 12.1 Å². The summed E-state index contributed by atoms with van der Waals surface area (Å²) in [6.07, 6.45) is 1.23. The number of anilines is 1. The third-order valence-corrected chi connectivity index (χ3v) is 8.72. The predicted molar refractivity (Wildman–Crippen MR) is 117 cm³/mol. The van der Waals surface area contributed by atoms with E-state index in [0.29, 0.717) is 43.3 Å². The van der Waals surface area contributed by atoms with Crippen molar-refractivity contribution in [3.8, 4) is 0 Å². The topological polar surface area (TPSA) is 105 Å². The molecule has 0 aliphatic carbocycles. The maximum Gasteiger partial charge on any atom is 0.309 e. The van der Waals surface area contributed by atoms with Gasteiger partial charge in [-0.05, 0) is 38.0 Å². The van der Waals surface area contributed by atoms with Crippen LogP contribution in [0.1, 0.15) is 30.1 Å². The van der Waals surface area contributed by atoms with Gasteiger partial charge in [0.2, 0.25) is 0 Å². The standard InChI is InChI=1S/C20H25N3O5S2/c1-2-28-19(25)13-6-8-23(9-7-13)18(24)14-4-3-5-15(10-14)21-20-22-16-11-30(26,27)12-17(16)29-20/h3-5,10,13,16-17H,2,6-9,11-12H2,1H3,(H,21,22)/t16-,17-/m0/s1. The lowest BCUT2D eigenvalue weighted by Gasteiger charge is -2.31. The van der Waals surface area contributed by atoms with Crippen LogP contribution in [0, 0.1) is 5.92 Å². The first-order valence-electron chi connectivity index (χ1n) is 10.1. The average molecular weight is 452 g/mol. The highest BCUT2D eigenvalue weighted by Gasteiger charge is 2.42. The number of nitrogens with zero attached hydrogens (tertiary/aromatic N) is 2. The largest absolute Gasteiger partial charge is 0.466 e. The minimum atomic E-state index is -2.98. The average Bonchev–Trinajstić information content (AvgIpc) is 3.20. The van der Waals surface area contributed by atoms with Crippen LogP contribution in [0.2, 0.25) is 0 Å². The van der Waals surface area contributed by atoms with E-state index in [0.717, 1.165) is 5.69 Å². The molecule has 0 aromatic heterocycles. The Bertz CT molecular complexity index is 970. The third kappa shape index (κ3) is 4.64. The van der Waals surface area contributed by atoms with Gasteiger partial charge in [0.15, 0.2) is 15.0 Å². The molecule has 1 aromatic carbocycles. The summed E-state index contributed by atoms with van der Waals surface area (Å²) in [4.78, 5) is 31.0. The van der Waals surface area contributed by atoms with Crippen molar-refractivity contribution in [1.82, 2.24) is 4.90 Å². The van der Waals surface area contributed by atoms with Crippen molar-refractivity contribution in [3.63, 3.8) is 0 Å². The number of aliphatic imine (C=N–C) groups is 1. The lowest BCUT2D eigenvalue weighted by Crippen LogP contribution is -2.40. The molecular weight excluding hydrogens is 426 g/mol. The molecule has 3 aliphatic rings. The first kappa shape index (κ1) is 21.2. The molecule has 0 spiro atoms. The number of carbonyl (C=O) groups is 2. The molecule has 10 heteroatoms. The Hall–Kier alpha value is -2.07. The quantitative estimate of drug-likeness (QED) is 0.696. The third-order valence-electron chi connectivity index (χ3n) is 5.58. The summed E-state index contributed by atoms with van der Waals surface area (Å²) in [6.45, 7) is 3.22. The number of hydrogen-bond donors (Lipinski definition) is 1. The van der Waals surface area contributed by atoms with Crippen molar-refractivity contribution < 1.29 is 22.7 Å². The van der Waals surface area contributed by atoms with Gasteiger partial charge < -0.3 is 15.0 Å². The summed E-state index contributed by atoms with van der Waals surface area (Å²) in [5, 5.41) is 3.89. The molecule has 1 N–H and O–H groups in total. The first-order chi connectivity index (χ1) is 14.3. The van der Waals surface area contributed by atoms with Crippen LogP contribution in [0.25, 0.3) is 0 Å². The number of amidine groups is 1. The number of benzene rings is 1. The number of likely N-dealkylation sites (tertiary alicyclic amines) is 1.